The largest absolute Gasteiger partial charge is 0.356 e. The van der Waals surface area contributed by atoms with E-state index < -0.39 is 0 Å². The summed E-state index contributed by atoms with van der Waals surface area (Å²) in [6, 6.07) is 3.65. The number of nitrogens with zero attached hydrogens (tertiary/aromatic N) is 4. The molecule has 2 aromatic heterocycles. The highest BCUT2D eigenvalue weighted by molar-refractivity contribution is 5.95. The lowest BCUT2D eigenvalue weighted by Gasteiger charge is -2.34. The second-order valence-electron chi connectivity index (χ2n) is 5.72. The maximum atomic E-state index is 12.4. The molecule has 6 nitrogen and oxygen atoms in total. The summed E-state index contributed by atoms with van der Waals surface area (Å²) in [4.78, 5) is 28.4. The number of carbonyl (C=O) groups is 2. The SMILES string of the molecule is Cn1ccc(C(=O)N2CCN(C(=O)c3ccn(C)c3)CC2)c1. The molecule has 1 aliphatic rings. The van der Waals surface area contributed by atoms with E-state index in [4.69, 9.17) is 0 Å². The first-order valence-electron chi connectivity index (χ1n) is 7.37. The molecule has 2 amide bonds. The molecule has 0 spiro atoms. The van der Waals surface area contributed by atoms with E-state index in [1.54, 1.807) is 0 Å². The second-order valence-corrected chi connectivity index (χ2v) is 5.72. The summed E-state index contributed by atoms with van der Waals surface area (Å²) in [5.74, 6) is 0.0693. The van der Waals surface area contributed by atoms with Crippen molar-refractivity contribution in [1.29, 1.82) is 0 Å². The third-order valence-electron chi connectivity index (χ3n) is 4.01. The van der Waals surface area contributed by atoms with Gasteiger partial charge in [0.15, 0.2) is 0 Å². The highest BCUT2D eigenvalue weighted by Gasteiger charge is 2.26. The van der Waals surface area contributed by atoms with Crippen LogP contribution >= 0.6 is 0 Å². The number of rotatable bonds is 2. The Kier molecular flexibility index (Phi) is 3.75. The molecule has 1 fully saturated rings. The topological polar surface area (TPSA) is 50.5 Å². The van der Waals surface area contributed by atoms with Gasteiger partial charge in [0.25, 0.3) is 11.8 Å². The number of aryl methyl sites for hydroxylation is 2. The fraction of sp³-hybridized carbons (Fsp3) is 0.375. The van der Waals surface area contributed by atoms with Gasteiger partial charge in [0.05, 0.1) is 11.1 Å². The minimum Gasteiger partial charge on any atom is -0.356 e. The van der Waals surface area contributed by atoms with Crippen LogP contribution in [0, 0.1) is 0 Å². The Balaban J connectivity index is 1.60. The van der Waals surface area contributed by atoms with E-state index in [1.165, 1.54) is 0 Å². The number of carbonyl (C=O) groups excluding carboxylic acids is 2. The van der Waals surface area contributed by atoms with Crippen molar-refractivity contribution in [2.24, 2.45) is 14.1 Å². The van der Waals surface area contributed by atoms with E-state index in [9.17, 15) is 9.59 Å². The Hall–Kier alpha value is -2.50. The number of amides is 2. The summed E-state index contributed by atoms with van der Waals surface area (Å²) < 4.78 is 3.73. The fourth-order valence-electron chi connectivity index (χ4n) is 2.74. The van der Waals surface area contributed by atoms with Crippen molar-refractivity contribution in [3.8, 4) is 0 Å². The van der Waals surface area contributed by atoms with Crippen LogP contribution in [0.25, 0.3) is 0 Å². The third-order valence-corrected chi connectivity index (χ3v) is 4.01. The fourth-order valence-corrected chi connectivity index (χ4v) is 2.74. The van der Waals surface area contributed by atoms with E-state index >= 15 is 0 Å². The van der Waals surface area contributed by atoms with Gasteiger partial charge in [0.1, 0.15) is 0 Å². The summed E-state index contributed by atoms with van der Waals surface area (Å²) >= 11 is 0. The van der Waals surface area contributed by atoms with Crippen LogP contribution in [0.4, 0.5) is 0 Å². The highest BCUT2D eigenvalue weighted by Crippen LogP contribution is 2.12. The Labute approximate surface area is 129 Å². The summed E-state index contributed by atoms with van der Waals surface area (Å²) in [6.45, 7) is 2.30. The van der Waals surface area contributed by atoms with Crippen LogP contribution in [0.2, 0.25) is 0 Å². The predicted molar refractivity (Wildman–Crippen MR) is 82.6 cm³/mol. The molecule has 0 aliphatic carbocycles. The van der Waals surface area contributed by atoms with Crippen molar-refractivity contribution in [3.63, 3.8) is 0 Å². The van der Waals surface area contributed by atoms with Gasteiger partial charge in [0.2, 0.25) is 0 Å². The molecule has 0 bridgehead atoms. The van der Waals surface area contributed by atoms with E-state index in [2.05, 4.69) is 0 Å². The van der Waals surface area contributed by atoms with Crippen molar-refractivity contribution < 1.29 is 9.59 Å². The molecule has 0 saturated carbocycles. The quantitative estimate of drug-likeness (QED) is 0.829. The van der Waals surface area contributed by atoms with Gasteiger partial charge in [-0.3, -0.25) is 9.59 Å². The first-order valence-corrected chi connectivity index (χ1v) is 7.37. The van der Waals surface area contributed by atoms with Crippen LogP contribution < -0.4 is 0 Å². The molecule has 1 aliphatic heterocycles. The molecule has 3 rings (SSSR count). The monoisotopic (exact) mass is 300 g/mol. The van der Waals surface area contributed by atoms with Crippen molar-refractivity contribution in [2.45, 2.75) is 0 Å². The smallest absolute Gasteiger partial charge is 0.255 e. The summed E-state index contributed by atoms with van der Waals surface area (Å²) in [6.07, 6.45) is 7.37. The van der Waals surface area contributed by atoms with E-state index in [-0.39, 0.29) is 11.8 Å². The lowest BCUT2D eigenvalue weighted by atomic mass is 10.2. The zero-order chi connectivity index (χ0) is 15.7. The minimum atomic E-state index is 0.0346. The van der Waals surface area contributed by atoms with Crippen molar-refractivity contribution >= 4 is 11.8 Å². The lowest BCUT2D eigenvalue weighted by Crippen LogP contribution is -2.50. The van der Waals surface area contributed by atoms with Gasteiger partial charge >= 0.3 is 0 Å². The van der Waals surface area contributed by atoms with Gasteiger partial charge < -0.3 is 18.9 Å². The average Bonchev–Trinajstić information content (AvgIpc) is 3.14. The molecule has 2 aromatic rings. The van der Waals surface area contributed by atoms with E-state index in [0.717, 1.165) is 0 Å². The minimum absolute atomic E-state index is 0.0346. The van der Waals surface area contributed by atoms with Crippen LogP contribution in [0.3, 0.4) is 0 Å². The Bertz CT molecular complexity index is 632. The zero-order valence-electron chi connectivity index (χ0n) is 12.9. The van der Waals surface area contributed by atoms with Gasteiger partial charge in [-0.05, 0) is 12.1 Å². The van der Waals surface area contributed by atoms with Crippen LogP contribution in [0.5, 0.6) is 0 Å². The summed E-state index contributed by atoms with van der Waals surface area (Å²) in [7, 11) is 3.79. The van der Waals surface area contributed by atoms with Crippen molar-refractivity contribution in [1.82, 2.24) is 18.9 Å². The van der Waals surface area contributed by atoms with Crippen LogP contribution in [0.15, 0.2) is 36.9 Å². The Morgan fingerprint density at radius 2 is 1.14 bits per heavy atom. The van der Waals surface area contributed by atoms with Gasteiger partial charge in [-0.15, -0.1) is 0 Å². The molecular formula is C16H20N4O2. The Morgan fingerprint density at radius 3 is 1.41 bits per heavy atom. The molecule has 116 valence electrons. The first kappa shape index (κ1) is 14.4. The average molecular weight is 300 g/mol. The van der Waals surface area contributed by atoms with E-state index in [0.29, 0.717) is 37.3 Å². The first-order chi connectivity index (χ1) is 10.5. The van der Waals surface area contributed by atoms with Crippen LogP contribution in [-0.2, 0) is 14.1 Å². The number of hydrogen-bond donors (Lipinski definition) is 0. The van der Waals surface area contributed by atoms with Crippen LogP contribution in [0.1, 0.15) is 20.7 Å². The molecule has 22 heavy (non-hydrogen) atoms. The van der Waals surface area contributed by atoms with Gasteiger partial charge in [-0.1, -0.05) is 0 Å². The maximum Gasteiger partial charge on any atom is 0.255 e. The molecule has 0 aromatic carbocycles. The van der Waals surface area contributed by atoms with Gasteiger partial charge in [-0.2, -0.15) is 0 Å². The standard InChI is InChI=1S/C16H20N4O2/c1-17-5-3-13(11-17)15(21)19-7-9-20(10-8-19)16(22)14-4-6-18(2)12-14/h3-6,11-12H,7-10H2,1-2H3. The van der Waals surface area contributed by atoms with Crippen LogP contribution in [-0.4, -0.2) is 56.9 Å². The molecule has 0 atom stereocenters. The number of aromatic nitrogens is 2. The van der Waals surface area contributed by atoms with Crippen molar-refractivity contribution in [3.05, 3.63) is 48.0 Å². The van der Waals surface area contributed by atoms with E-state index in [1.807, 2.05) is 69.9 Å². The molecule has 0 unspecified atom stereocenters. The number of hydrogen-bond acceptors (Lipinski definition) is 2. The molecular weight excluding hydrogens is 280 g/mol. The summed E-state index contributed by atoms with van der Waals surface area (Å²) in [5.41, 5.74) is 1.40. The highest BCUT2D eigenvalue weighted by atomic mass is 16.2. The molecule has 1 saturated heterocycles. The molecule has 3 heterocycles. The zero-order valence-corrected chi connectivity index (χ0v) is 12.9. The molecule has 6 heteroatoms. The molecule has 0 radical (unpaired) electrons. The second kappa shape index (κ2) is 5.71. The van der Waals surface area contributed by atoms with Gasteiger partial charge in [0, 0.05) is 65.1 Å². The molecule has 0 N–H and O–H groups in total. The normalized spacial score (nSPS) is 15.2. The Morgan fingerprint density at radius 1 is 0.773 bits per heavy atom. The third kappa shape index (κ3) is 2.77. The number of piperazine rings is 1. The maximum absolute atomic E-state index is 12.4. The van der Waals surface area contributed by atoms with Crippen molar-refractivity contribution in [2.75, 3.05) is 26.2 Å². The van der Waals surface area contributed by atoms with Gasteiger partial charge in [-0.25, -0.2) is 0 Å². The lowest BCUT2D eigenvalue weighted by molar-refractivity contribution is 0.0535. The predicted octanol–water partition coefficient (Wildman–Crippen LogP) is 0.962. The summed E-state index contributed by atoms with van der Waals surface area (Å²) in [5, 5.41) is 0.